The van der Waals surface area contributed by atoms with E-state index in [4.69, 9.17) is 4.74 Å². The zero-order valence-electron chi connectivity index (χ0n) is 18.3. The van der Waals surface area contributed by atoms with Crippen LogP contribution in [0.2, 0.25) is 0 Å². The number of nitrogens with one attached hydrogen (secondary N) is 2. The Morgan fingerprint density at radius 1 is 1.40 bits per heavy atom. The van der Waals surface area contributed by atoms with E-state index in [-0.39, 0.29) is 12.6 Å². The lowest BCUT2D eigenvalue weighted by atomic mass is 10.0. The summed E-state index contributed by atoms with van der Waals surface area (Å²) in [4.78, 5) is 13.7. The second kappa shape index (κ2) is 8.92. The molecule has 1 saturated heterocycles. The van der Waals surface area contributed by atoms with Crippen molar-refractivity contribution in [1.29, 1.82) is 0 Å². The number of ether oxygens (including phenoxy) is 1. The molecule has 0 unspecified atom stereocenters. The lowest BCUT2D eigenvalue weighted by molar-refractivity contribution is 0.0535. The summed E-state index contributed by atoms with van der Waals surface area (Å²) in [5.74, 6) is 6.66. The number of carbonyl (C=O) groups is 1. The minimum atomic E-state index is -0.936. The highest BCUT2D eigenvalue weighted by Gasteiger charge is 2.28. The fraction of sp³-hybridized carbons (Fsp3) is 0.545. The quantitative estimate of drug-likeness (QED) is 0.755. The Balaban J connectivity index is 1.72. The van der Waals surface area contributed by atoms with Crippen LogP contribution >= 0.6 is 0 Å². The van der Waals surface area contributed by atoms with Crippen molar-refractivity contribution in [2.24, 2.45) is 0 Å². The van der Waals surface area contributed by atoms with Crippen molar-refractivity contribution in [3.8, 4) is 11.8 Å². The fourth-order valence-corrected chi connectivity index (χ4v) is 3.38. The molecule has 0 bridgehead atoms. The smallest absolute Gasteiger partial charge is 0.408 e. The number of halogens is 1. The molecular formula is C22H30FN5O2. The highest BCUT2D eigenvalue weighted by atomic mass is 19.1. The van der Waals surface area contributed by atoms with E-state index in [0.29, 0.717) is 12.2 Å². The molecule has 2 N–H and O–H groups in total. The molecule has 8 heteroatoms. The summed E-state index contributed by atoms with van der Waals surface area (Å²) in [5, 5.41) is 10.5. The second-order valence-corrected chi connectivity index (χ2v) is 8.66. The van der Waals surface area contributed by atoms with Gasteiger partial charge in [-0.15, -0.1) is 0 Å². The second-order valence-electron chi connectivity index (χ2n) is 8.66. The van der Waals surface area contributed by atoms with Gasteiger partial charge in [0.2, 0.25) is 0 Å². The summed E-state index contributed by atoms with van der Waals surface area (Å²) in [6, 6.07) is 5.53. The molecule has 2 aromatic rings. The normalized spacial score (nSPS) is 19.8. The predicted molar refractivity (Wildman–Crippen MR) is 115 cm³/mol. The maximum atomic E-state index is 14.4. The van der Waals surface area contributed by atoms with Crippen molar-refractivity contribution < 1.29 is 13.9 Å². The molecule has 0 radical (unpaired) electrons. The molecule has 1 amide bonds. The number of hydrogen-bond acceptors (Lipinski definition) is 5. The third-order valence-electron chi connectivity index (χ3n) is 4.91. The Bertz CT molecular complexity index is 970. The molecule has 162 valence electrons. The number of nitrogens with zero attached hydrogens (tertiary/aromatic N) is 3. The summed E-state index contributed by atoms with van der Waals surface area (Å²) in [7, 11) is 1.93. The number of carbonyl (C=O) groups excluding carboxylic acids is 1. The van der Waals surface area contributed by atoms with Gasteiger partial charge in [0, 0.05) is 18.7 Å². The third-order valence-corrected chi connectivity index (χ3v) is 4.91. The average molecular weight is 416 g/mol. The van der Waals surface area contributed by atoms with Crippen molar-refractivity contribution in [2.45, 2.75) is 51.9 Å². The number of aryl methyl sites for hydroxylation is 1. The van der Waals surface area contributed by atoms with Gasteiger partial charge in [-0.2, -0.15) is 5.10 Å². The standard InChI is InChI=1S/C22H30FN5O2/c1-15-17(8-7-12-24-21(29)30-22(2,3)4)26-28-19(15)9-6-10-20(28)25-18-11-13-27(5)14-16(18)23/h6,9-10,16,18,25H,11-14H2,1-5H3,(H,24,29)/t16-,18+/m0/s1. The number of hydrogen-bond donors (Lipinski definition) is 2. The van der Waals surface area contributed by atoms with Gasteiger partial charge in [0.15, 0.2) is 0 Å². The van der Waals surface area contributed by atoms with E-state index >= 15 is 0 Å². The Labute approximate surface area is 177 Å². The van der Waals surface area contributed by atoms with Gasteiger partial charge in [0.1, 0.15) is 23.3 Å². The molecule has 2 atom stereocenters. The molecule has 0 saturated carbocycles. The van der Waals surface area contributed by atoms with Crippen molar-refractivity contribution >= 4 is 17.4 Å². The van der Waals surface area contributed by atoms with Gasteiger partial charge in [-0.1, -0.05) is 12.0 Å². The van der Waals surface area contributed by atoms with Crippen LogP contribution in [0.1, 0.15) is 38.4 Å². The molecular weight excluding hydrogens is 385 g/mol. The Hall–Kier alpha value is -2.79. The van der Waals surface area contributed by atoms with Gasteiger partial charge in [-0.25, -0.2) is 13.7 Å². The number of aromatic nitrogens is 2. The molecule has 3 heterocycles. The maximum absolute atomic E-state index is 14.4. The molecule has 1 fully saturated rings. The molecule has 30 heavy (non-hydrogen) atoms. The topological polar surface area (TPSA) is 70.9 Å². The van der Waals surface area contributed by atoms with Crippen LogP contribution in [0.15, 0.2) is 18.2 Å². The van der Waals surface area contributed by atoms with E-state index in [1.807, 2.05) is 37.1 Å². The number of fused-ring (bicyclic) bond motifs is 1. The largest absolute Gasteiger partial charge is 0.444 e. The third kappa shape index (κ3) is 5.42. The van der Waals surface area contributed by atoms with Crippen molar-refractivity contribution in [2.75, 3.05) is 32.0 Å². The van der Waals surface area contributed by atoms with Crippen molar-refractivity contribution in [3.63, 3.8) is 0 Å². The summed E-state index contributed by atoms with van der Waals surface area (Å²) < 4.78 is 21.4. The minimum Gasteiger partial charge on any atom is -0.444 e. The van der Waals surface area contributed by atoms with E-state index in [1.54, 1.807) is 25.3 Å². The van der Waals surface area contributed by atoms with Crippen molar-refractivity contribution in [3.05, 3.63) is 29.5 Å². The first kappa shape index (κ1) is 21.9. The number of piperidine rings is 1. The minimum absolute atomic E-state index is 0.159. The number of amides is 1. The molecule has 7 nitrogen and oxygen atoms in total. The summed E-state index contributed by atoms with van der Waals surface area (Å²) in [6.45, 7) is 8.81. The van der Waals surface area contributed by atoms with E-state index < -0.39 is 17.9 Å². The van der Waals surface area contributed by atoms with Crippen LogP contribution in [-0.4, -0.2) is 65.1 Å². The lowest BCUT2D eigenvalue weighted by Gasteiger charge is -2.33. The van der Waals surface area contributed by atoms with E-state index in [9.17, 15) is 9.18 Å². The highest BCUT2D eigenvalue weighted by molar-refractivity contribution is 5.68. The van der Waals surface area contributed by atoms with Gasteiger partial charge in [0.05, 0.1) is 18.1 Å². The Morgan fingerprint density at radius 2 is 2.17 bits per heavy atom. The van der Waals surface area contributed by atoms with Crippen LogP contribution in [0, 0.1) is 18.8 Å². The Kier molecular flexibility index (Phi) is 6.52. The zero-order valence-corrected chi connectivity index (χ0v) is 18.3. The zero-order chi connectivity index (χ0) is 21.9. The molecule has 0 aliphatic carbocycles. The van der Waals surface area contributed by atoms with E-state index in [1.165, 1.54) is 0 Å². The first-order chi connectivity index (χ1) is 14.1. The van der Waals surface area contributed by atoms with Crippen LogP contribution in [0.5, 0.6) is 0 Å². The maximum Gasteiger partial charge on any atom is 0.408 e. The summed E-state index contributed by atoms with van der Waals surface area (Å²) in [6.07, 6.45) is -0.708. The first-order valence-electron chi connectivity index (χ1n) is 10.2. The predicted octanol–water partition coefficient (Wildman–Crippen LogP) is 2.97. The van der Waals surface area contributed by atoms with Gasteiger partial charge < -0.3 is 20.3 Å². The van der Waals surface area contributed by atoms with Crippen LogP contribution < -0.4 is 10.6 Å². The molecule has 2 aromatic heterocycles. The first-order valence-corrected chi connectivity index (χ1v) is 10.2. The fourth-order valence-electron chi connectivity index (χ4n) is 3.38. The van der Waals surface area contributed by atoms with E-state index in [2.05, 4.69) is 27.6 Å². The summed E-state index contributed by atoms with van der Waals surface area (Å²) >= 11 is 0. The molecule has 0 aromatic carbocycles. The van der Waals surface area contributed by atoms with Crippen LogP contribution in [0.4, 0.5) is 15.0 Å². The number of anilines is 1. The Morgan fingerprint density at radius 3 is 2.87 bits per heavy atom. The average Bonchev–Trinajstić information content (AvgIpc) is 2.97. The SMILES string of the molecule is Cc1c(C#CCNC(=O)OC(C)(C)C)nn2c(N[C@@H]3CCN(C)C[C@@H]3F)cccc12. The molecule has 1 aliphatic heterocycles. The van der Waals surface area contributed by atoms with Crippen LogP contribution in [-0.2, 0) is 4.74 Å². The number of pyridine rings is 1. The molecule has 3 rings (SSSR count). The van der Waals surface area contributed by atoms with Crippen LogP contribution in [0.3, 0.4) is 0 Å². The van der Waals surface area contributed by atoms with E-state index in [0.717, 1.165) is 29.9 Å². The number of likely N-dealkylation sites (tertiary alicyclic amines) is 1. The van der Waals surface area contributed by atoms with Gasteiger partial charge in [-0.05, 0) is 59.2 Å². The van der Waals surface area contributed by atoms with Gasteiger partial charge in [0.25, 0.3) is 0 Å². The van der Waals surface area contributed by atoms with Gasteiger partial charge >= 0.3 is 6.09 Å². The van der Waals surface area contributed by atoms with Crippen molar-refractivity contribution in [1.82, 2.24) is 19.8 Å². The number of rotatable bonds is 3. The van der Waals surface area contributed by atoms with Crippen LogP contribution in [0.25, 0.3) is 5.52 Å². The number of alkyl halides is 1. The number of alkyl carbamates (subject to hydrolysis) is 1. The summed E-state index contributed by atoms with van der Waals surface area (Å²) in [5.41, 5.74) is 1.91. The monoisotopic (exact) mass is 415 g/mol. The molecule has 1 aliphatic rings. The highest BCUT2D eigenvalue weighted by Crippen LogP contribution is 2.22. The lowest BCUT2D eigenvalue weighted by Crippen LogP contribution is -2.46. The van der Waals surface area contributed by atoms with Gasteiger partial charge in [-0.3, -0.25) is 0 Å². The molecule has 0 spiro atoms.